The van der Waals surface area contributed by atoms with Gasteiger partial charge in [-0.25, -0.2) is 4.39 Å². The van der Waals surface area contributed by atoms with Crippen LogP contribution in [0.25, 0.3) is 0 Å². The molecule has 0 N–H and O–H groups in total. The molecule has 0 unspecified atom stereocenters. The summed E-state index contributed by atoms with van der Waals surface area (Å²) in [5.41, 5.74) is 1.56. The van der Waals surface area contributed by atoms with Gasteiger partial charge in [-0.3, -0.25) is 9.59 Å². The monoisotopic (exact) mass is 399 g/mol. The fourth-order valence-corrected chi connectivity index (χ4v) is 4.74. The first kappa shape index (κ1) is 19.6. The van der Waals surface area contributed by atoms with Crippen molar-refractivity contribution in [2.75, 3.05) is 19.6 Å². The van der Waals surface area contributed by atoms with Crippen molar-refractivity contribution in [3.05, 3.63) is 53.2 Å². The van der Waals surface area contributed by atoms with Crippen LogP contribution in [-0.2, 0) is 11.2 Å². The van der Waals surface area contributed by atoms with Gasteiger partial charge in [0.25, 0.3) is 5.91 Å². The average molecular weight is 399 g/mol. The topological polar surface area (TPSA) is 66.7 Å². The summed E-state index contributed by atoms with van der Waals surface area (Å²) in [5, 5.41) is 4.01. The number of rotatable bonds is 4. The summed E-state index contributed by atoms with van der Waals surface area (Å²) in [4.78, 5) is 28.7. The lowest BCUT2D eigenvalue weighted by molar-refractivity contribution is -0.130. The van der Waals surface area contributed by atoms with Crippen LogP contribution in [0.3, 0.4) is 0 Å². The van der Waals surface area contributed by atoms with Crippen LogP contribution in [0, 0.1) is 23.6 Å². The van der Waals surface area contributed by atoms with Crippen LogP contribution >= 0.6 is 0 Å². The first-order valence-corrected chi connectivity index (χ1v) is 10.1. The zero-order valence-corrected chi connectivity index (χ0v) is 17.0. The molecule has 6 nitrogen and oxygen atoms in total. The molecule has 2 aliphatic rings. The number of hydrogen-bond acceptors (Lipinski definition) is 4. The maximum atomic E-state index is 13.8. The molecule has 3 heterocycles. The highest BCUT2D eigenvalue weighted by Crippen LogP contribution is 2.45. The fraction of sp³-hybridized carbons (Fsp3) is 0.500. The van der Waals surface area contributed by atoms with Crippen molar-refractivity contribution in [3.63, 3.8) is 0 Å². The van der Waals surface area contributed by atoms with Gasteiger partial charge in [-0.15, -0.1) is 0 Å². The molecule has 154 valence electrons. The lowest BCUT2D eigenvalue weighted by atomic mass is 9.89. The van der Waals surface area contributed by atoms with Crippen LogP contribution in [0.5, 0.6) is 0 Å². The van der Waals surface area contributed by atoms with E-state index in [2.05, 4.69) is 19.0 Å². The van der Waals surface area contributed by atoms with Crippen molar-refractivity contribution in [1.29, 1.82) is 0 Å². The van der Waals surface area contributed by atoms with Crippen LogP contribution in [0.1, 0.15) is 48.6 Å². The summed E-state index contributed by atoms with van der Waals surface area (Å²) in [7, 11) is 0. The molecule has 2 aromatic rings. The number of carbonyl (C=O) groups excluding carboxylic acids is 2. The lowest BCUT2D eigenvalue weighted by Crippen LogP contribution is -2.36. The predicted molar refractivity (Wildman–Crippen MR) is 104 cm³/mol. The van der Waals surface area contributed by atoms with Gasteiger partial charge < -0.3 is 14.3 Å². The Balaban J connectivity index is 1.54. The van der Waals surface area contributed by atoms with E-state index < -0.39 is 0 Å². The van der Waals surface area contributed by atoms with Crippen molar-refractivity contribution in [2.24, 2.45) is 17.8 Å². The zero-order valence-electron chi connectivity index (χ0n) is 17.0. The van der Waals surface area contributed by atoms with E-state index in [0.29, 0.717) is 25.6 Å². The smallest absolute Gasteiger partial charge is 0.292 e. The second-order valence-corrected chi connectivity index (χ2v) is 8.59. The minimum Gasteiger partial charge on any atom is -0.351 e. The van der Waals surface area contributed by atoms with Crippen molar-refractivity contribution < 1.29 is 18.5 Å². The van der Waals surface area contributed by atoms with Crippen LogP contribution in [0.4, 0.5) is 4.39 Å². The number of hydrogen-bond donors (Lipinski definition) is 0. The molecule has 4 rings (SSSR count). The molecular formula is C22H26FN3O3. The summed E-state index contributed by atoms with van der Waals surface area (Å²) < 4.78 is 19.1. The quantitative estimate of drug-likeness (QED) is 0.791. The highest BCUT2D eigenvalue weighted by Gasteiger charge is 2.49. The molecule has 0 aliphatic carbocycles. The molecule has 1 aromatic carbocycles. The van der Waals surface area contributed by atoms with Gasteiger partial charge in [0.1, 0.15) is 5.82 Å². The van der Waals surface area contributed by atoms with Crippen molar-refractivity contribution >= 4 is 11.8 Å². The Hall–Kier alpha value is -2.70. The SMILES string of the molecule is CC(=O)N1C[C@H]2CN(C(=O)c3cc(CC(C)C)no3)C[C@H]2[C@@H]1c1cccc(F)c1. The molecule has 29 heavy (non-hydrogen) atoms. The molecule has 7 heteroatoms. The third-order valence-corrected chi connectivity index (χ3v) is 5.93. The highest BCUT2D eigenvalue weighted by molar-refractivity contribution is 5.91. The Labute approximate surface area is 169 Å². The molecule has 0 bridgehead atoms. The van der Waals surface area contributed by atoms with E-state index in [1.54, 1.807) is 28.9 Å². The summed E-state index contributed by atoms with van der Waals surface area (Å²) in [6, 6.07) is 7.91. The van der Waals surface area contributed by atoms with Gasteiger partial charge in [0.15, 0.2) is 0 Å². The number of likely N-dealkylation sites (tertiary alicyclic amines) is 2. The predicted octanol–water partition coefficient (Wildman–Crippen LogP) is 3.30. The number of nitrogens with zero attached hydrogens (tertiary/aromatic N) is 3. The molecule has 0 saturated carbocycles. The number of benzene rings is 1. The largest absolute Gasteiger partial charge is 0.351 e. The van der Waals surface area contributed by atoms with E-state index in [9.17, 15) is 14.0 Å². The van der Waals surface area contributed by atoms with Crippen LogP contribution in [-0.4, -0.2) is 46.4 Å². The summed E-state index contributed by atoms with van der Waals surface area (Å²) in [6.07, 6.45) is 0.761. The number of aromatic nitrogens is 1. The van der Waals surface area contributed by atoms with Crippen LogP contribution in [0.15, 0.2) is 34.9 Å². The highest BCUT2D eigenvalue weighted by atomic mass is 19.1. The summed E-state index contributed by atoms with van der Waals surface area (Å²) in [5.74, 6) is 0.399. The molecule has 2 amide bonds. The van der Waals surface area contributed by atoms with Crippen molar-refractivity contribution in [2.45, 2.75) is 33.2 Å². The second kappa shape index (κ2) is 7.61. The van der Waals surface area contributed by atoms with Gasteiger partial charge in [0, 0.05) is 44.5 Å². The standard InChI is InChI=1S/C22H26FN3O3/c1-13(2)7-18-9-20(29-24-18)22(28)25-10-16-11-26(14(3)27)21(19(16)12-25)15-5-4-6-17(23)8-15/h4-6,8-9,13,16,19,21H,7,10-12H2,1-3H3/t16-,19-,21+/m1/s1. The second-order valence-electron chi connectivity index (χ2n) is 8.59. The Morgan fingerprint density at radius 2 is 2.03 bits per heavy atom. The molecule has 0 spiro atoms. The summed E-state index contributed by atoms with van der Waals surface area (Å²) in [6.45, 7) is 7.35. The lowest BCUT2D eigenvalue weighted by Gasteiger charge is -2.29. The Morgan fingerprint density at radius 3 is 2.72 bits per heavy atom. The minimum absolute atomic E-state index is 0.0277. The molecule has 3 atom stereocenters. The first-order chi connectivity index (χ1) is 13.8. The Morgan fingerprint density at radius 1 is 1.24 bits per heavy atom. The summed E-state index contributed by atoms with van der Waals surface area (Å²) >= 11 is 0. The minimum atomic E-state index is -0.320. The van der Waals surface area contributed by atoms with E-state index >= 15 is 0 Å². The van der Waals surface area contributed by atoms with E-state index in [-0.39, 0.29) is 41.3 Å². The molecule has 0 radical (unpaired) electrons. The van der Waals surface area contributed by atoms with Gasteiger partial charge in [0.05, 0.1) is 11.7 Å². The normalized spacial score (nSPS) is 23.7. The Bertz CT molecular complexity index is 926. The zero-order chi connectivity index (χ0) is 20.7. The molecule has 1 aromatic heterocycles. The first-order valence-electron chi connectivity index (χ1n) is 10.1. The number of halogens is 1. The van der Waals surface area contributed by atoms with Crippen LogP contribution in [0.2, 0.25) is 0 Å². The van der Waals surface area contributed by atoms with Gasteiger partial charge in [0.2, 0.25) is 11.7 Å². The number of fused-ring (bicyclic) bond motifs is 1. The van der Waals surface area contributed by atoms with Crippen molar-refractivity contribution in [1.82, 2.24) is 15.0 Å². The molecule has 2 aliphatic heterocycles. The maximum absolute atomic E-state index is 13.8. The van der Waals surface area contributed by atoms with Crippen LogP contribution < -0.4 is 0 Å². The molecular weight excluding hydrogens is 373 g/mol. The van der Waals surface area contributed by atoms with E-state index in [0.717, 1.165) is 17.7 Å². The average Bonchev–Trinajstić information content (AvgIpc) is 3.34. The van der Waals surface area contributed by atoms with Gasteiger partial charge in [-0.1, -0.05) is 31.1 Å². The van der Waals surface area contributed by atoms with E-state index in [4.69, 9.17) is 4.52 Å². The Kier molecular flexibility index (Phi) is 5.15. The third-order valence-electron chi connectivity index (χ3n) is 5.93. The third kappa shape index (κ3) is 3.78. The maximum Gasteiger partial charge on any atom is 0.292 e. The molecule has 2 fully saturated rings. The van der Waals surface area contributed by atoms with Crippen molar-refractivity contribution in [3.8, 4) is 0 Å². The van der Waals surface area contributed by atoms with Gasteiger partial charge in [-0.05, 0) is 30.0 Å². The molecule has 2 saturated heterocycles. The van der Waals surface area contributed by atoms with E-state index in [1.165, 1.54) is 12.1 Å². The fourth-order valence-electron chi connectivity index (χ4n) is 4.74. The van der Waals surface area contributed by atoms with Gasteiger partial charge in [-0.2, -0.15) is 0 Å². The number of carbonyl (C=O) groups is 2. The number of amides is 2. The van der Waals surface area contributed by atoms with E-state index in [1.807, 2.05) is 6.07 Å². The van der Waals surface area contributed by atoms with Gasteiger partial charge >= 0.3 is 0 Å².